The Kier molecular flexibility index (Phi) is 5.87. The summed E-state index contributed by atoms with van der Waals surface area (Å²) in [6, 6.07) is 8.16. The third-order valence-corrected chi connectivity index (χ3v) is 4.99. The van der Waals surface area contributed by atoms with Crippen molar-refractivity contribution < 1.29 is 9.53 Å². The van der Waals surface area contributed by atoms with E-state index in [-0.39, 0.29) is 5.91 Å². The Morgan fingerprint density at radius 2 is 2.08 bits per heavy atom. The molecule has 1 aromatic carbocycles. The van der Waals surface area contributed by atoms with Crippen LogP contribution in [0.5, 0.6) is 0 Å². The topological polar surface area (TPSA) is 47.4 Å². The van der Waals surface area contributed by atoms with Gasteiger partial charge in [-0.2, -0.15) is 0 Å². The first-order valence-electron chi connectivity index (χ1n) is 9.08. The van der Waals surface area contributed by atoms with Gasteiger partial charge in [0.15, 0.2) is 0 Å². The average Bonchev–Trinajstić information content (AvgIpc) is 3.08. The predicted molar refractivity (Wildman–Crippen MR) is 98.4 cm³/mol. The quantitative estimate of drug-likeness (QED) is 0.756. The molecule has 25 heavy (non-hydrogen) atoms. The summed E-state index contributed by atoms with van der Waals surface area (Å²) in [7, 11) is 3.70. The Hall–Kier alpha value is -2.14. The van der Waals surface area contributed by atoms with Crippen LogP contribution in [-0.4, -0.2) is 46.7 Å². The Labute approximate surface area is 149 Å². The van der Waals surface area contributed by atoms with Crippen molar-refractivity contribution in [2.24, 2.45) is 7.05 Å². The highest BCUT2D eigenvalue weighted by Crippen LogP contribution is 2.24. The summed E-state index contributed by atoms with van der Waals surface area (Å²) < 4.78 is 7.14. The normalized spacial score (nSPS) is 17.7. The van der Waals surface area contributed by atoms with Crippen LogP contribution >= 0.6 is 0 Å². The number of carbonyl (C=O) groups excluding carboxylic acids is 1. The molecule has 1 amide bonds. The number of rotatable bonds is 6. The molecule has 0 unspecified atom stereocenters. The number of hydrogen-bond acceptors (Lipinski definition) is 3. The van der Waals surface area contributed by atoms with E-state index in [1.165, 1.54) is 6.42 Å². The third kappa shape index (κ3) is 4.10. The van der Waals surface area contributed by atoms with Crippen LogP contribution in [0.1, 0.15) is 42.5 Å². The highest BCUT2D eigenvalue weighted by Gasteiger charge is 2.27. The summed E-state index contributed by atoms with van der Waals surface area (Å²) in [6.45, 7) is 1.62. The molecule has 1 aliphatic rings. The van der Waals surface area contributed by atoms with Gasteiger partial charge in [0.05, 0.1) is 0 Å². The van der Waals surface area contributed by atoms with Crippen LogP contribution in [0.25, 0.3) is 11.4 Å². The van der Waals surface area contributed by atoms with Gasteiger partial charge in [0, 0.05) is 56.9 Å². The molecule has 3 rings (SSSR count). The average molecular weight is 341 g/mol. The molecule has 5 nitrogen and oxygen atoms in total. The van der Waals surface area contributed by atoms with E-state index in [0.717, 1.165) is 55.8 Å². The standard InChI is InChI=1S/C20H27N3O2/c1-22-14-12-21-19(22)16-8-10-17(11-9-16)20(24)23-13-4-3-6-18(23)7-5-15-25-2/h8-12,14,18H,3-7,13,15H2,1-2H3/t18-/m0/s1. The Morgan fingerprint density at radius 3 is 2.76 bits per heavy atom. The van der Waals surface area contributed by atoms with E-state index < -0.39 is 0 Å². The van der Waals surface area contributed by atoms with Crippen LogP contribution in [0.4, 0.5) is 0 Å². The third-order valence-electron chi connectivity index (χ3n) is 4.99. The van der Waals surface area contributed by atoms with Crippen LogP contribution in [0.2, 0.25) is 0 Å². The van der Waals surface area contributed by atoms with Crippen molar-refractivity contribution in [1.29, 1.82) is 0 Å². The van der Waals surface area contributed by atoms with Gasteiger partial charge in [0.25, 0.3) is 5.91 Å². The molecular weight excluding hydrogens is 314 g/mol. The minimum atomic E-state index is 0.147. The first-order valence-corrected chi connectivity index (χ1v) is 9.08. The molecule has 0 bridgehead atoms. The zero-order valence-corrected chi connectivity index (χ0v) is 15.1. The van der Waals surface area contributed by atoms with Crippen molar-refractivity contribution in [1.82, 2.24) is 14.5 Å². The lowest BCUT2D eigenvalue weighted by Gasteiger charge is -2.36. The second-order valence-corrected chi connectivity index (χ2v) is 6.72. The number of nitrogens with zero attached hydrogens (tertiary/aromatic N) is 3. The number of amides is 1. The Bertz CT molecular complexity index is 693. The number of piperidine rings is 1. The van der Waals surface area contributed by atoms with E-state index in [4.69, 9.17) is 4.74 Å². The summed E-state index contributed by atoms with van der Waals surface area (Å²) in [4.78, 5) is 19.4. The van der Waals surface area contributed by atoms with Crippen LogP contribution < -0.4 is 0 Å². The summed E-state index contributed by atoms with van der Waals surface area (Å²) in [5.74, 6) is 1.06. The van der Waals surface area contributed by atoms with Gasteiger partial charge in [-0.25, -0.2) is 4.98 Å². The second kappa shape index (κ2) is 8.30. The fraction of sp³-hybridized carbons (Fsp3) is 0.500. The van der Waals surface area contributed by atoms with E-state index in [1.807, 2.05) is 42.1 Å². The highest BCUT2D eigenvalue weighted by molar-refractivity contribution is 5.95. The number of aromatic nitrogens is 2. The summed E-state index contributed by atoms with van der Waals surface area (Å²) in [5, 5.41) is 0. The molecule has 0 spiro atoms. The van der Waals surface area contributed by atoms with Gasteiger partial charge in [0.1, 0.15) is 5.82 Å². The molecule has 0 saturated carbocycles. The van der Waals surface area contributed by atoms with E-state index in [9.17, 15) is 4.79 Å². The van der Waals surface area contributed by atoms with Crippen LogP contribution in [0.3, 0.4) is 0 Å². The van der Waals surface area contributed by atoms with Crippen molar-refractivity contribution in [2.45, 2.75) is 38.1 Å². The number of methoxy groups -OCH3 is 1. The molecule has 1 aliphatic heterocycles. The minimum Gasteiger partial charge on any atom is -0.385 e. The van der Waals surface area contributed by atoms with Gasteiger partial charge in [0.2, 0.25) is 0 Å². The van der Waals surface area contributed by atoms with Gasteiger partial charge < -0.3 is 14.2 Å². The van der Waals surface area contributed by atoms with Crippen LogP contribution in [0.15, 0.2) is 36.7 Å². The maximum Gasteiger partial charge on any atom is 0.254 e. The molecule has 0 aliphatic carbocycles. The van der Waals surface area contributed by atoms with Crippen molar-refractivity contribution in [3.8, 4) is 11.4 Å². The van der Waals surface area contributed by atoms with Gasteiger partial charge in [-0.05, 0) is 44.2 Å². The van der Waals surface area contributed by atoms with Crippen molar-refractivity contribution in [3.05, 3.63) is 42.2 Å². The first kappa shape index (κ1) is 17.7. The van der Waals surface area contributed by atoms with E-state index in [1.54, 1.807) is 13.3 Å². The lowest BCUT2D eigenvalue weighted by atomic mass is 9.97. The number of hydrogen-bond donors (Lipinski definition) is 0. The molecule has 1 fully saturated rings. The summed E-state index contributed by atoms with van der Waals surface area (Å²) >= 11 is 0. The molecule has 134 valence electrons. The smallest absolute Gasteiger partial charge is 0.254 e. The van der Waals surface area contributed by atoms with Gasteiger partial charge in [-0.1, -0.05) is 12.1 Å². The summed E-state index contributed by atoms with van der Waals surface area (Å²) in [5.41, 5.74) is 1.79. The lowest BCUT2D eigenvalue weighted by molar-refractivity contribution is 0.0585. The Morgan fingerprint density at radius 1 is 1.28 bits per heavy atom. The molecule has 5 heteroatoms. The predicted octanol–water partition coefficient (Wildman–Crippen LogP) is 3.51. The zero-order valence-electron chi connectivity index (χ0n) is 15.1. The van der Waals surface area contributed by atoms with Crippen LogP contribution in [-0.2, 0) is 11.8 Å². The number of aryl methyl sites for hydroxylation is 1. The number of carbonyl (C=O) groups is 1. The van der Waals surface area contributed by atoms with Gasteiger partial charge in [-0.3, -0.25) is 4.79 Å². The van der Waals surface area contributed by atoms with Gasteiger partial charge >= 0.3 is 0 Å². The number of benzene rings is 1. The molecule has 0 N–H and O–H groups in total. The maximum atomic E-state index is 13.0. The number of imidazole rings is 1. The summed E-state index contributed by atoms with van der Waals surface area (Å²) in [6.07, 6.45) is 9.13. The second-order valence-electron chi connectivity index (χ2n) is 6.72. The molecule has 2 heterocycles. The number of likely N-dealkylation sites (tertiary alicyclic amines) is 1. The van der Waals surface area contributed by atoms with E-state index >= 15 is 0 Å². The van der Waals surface area contributed by atoms with E-state index in [2.05, 4.69) is 9.88 Å². The molecule has 1 aromatic heterocycles. The monoisotopic (exact) mass is 341 g/mol. The fourth-order valence-corrected chi connectivity index (χ4v) is 3.60. The van der Waals surface area contributed by atoms with Crippen LogP contribution in [0, 0.1) is 0 Å². The Balaban J connectivity index is 1.71. The largest absolute Gasteiger partial charge is 0.385 e. The lowest BCUT2D eigenvalue weighted by Crippen LogP contribution is -2.43. The minimum absolute atomic E-state index is 0.147. The SMILES string of the molecule is COCCC[C@@H]1CCCCN1C(=O)c1ccc(-c2nccn2C)cc1. The van der Waals surface area contributed by atoms with Gasteiger partial charge in [-0.15, -0.1) is 0 Å². The number of ether oxygens (including phenoxy) is 1. The molecule has 0 radical (unpaired) electrons. The first-order chi connectivity index (χ1) is 12.2. The molecule has 1 atom stereocenters. The van der Waals surface area contributed by atoms with Crippen molar-refractivity contribution in [3.63, 3.8) is 0 Å². The zero-order chi connectivity index (χ0) is 17.6. The molecule has 2 aromatic rings. The van der Waals surface area contributed by atoms with Crippen molar-refractivity contribution in [2.75, 3.05) is 20.3 Å². The highest BCUT2D eigenvalue weighted by atomic mass is 16.5. The maximum absolute atomic E-state index is 13.0. The molecular formula is C20H27N3O2. The fourth-order valence-electron chi connectivity index (χ4n) is 3.60. The van der Waals surface area contributed by atoms with Crippen molar-refractivity contribution >= 4 is 5.91 Å². The van der Waals surface area contributed by atoms with E-state index in [0.29, 0.717) is 6.04 Å². The molecule has 1 saturated heterocycles.